The van der Waals surface area contributed by atoms with Crippen LogP contribution in [-0.4, -0.2) is 16.0 Å². The maximum absolute atomic E-state index is 12.8. The van der Waals surface area contributed by atoms with Gasteiger partial charge in [-0.25, -0.2) is 0 Å². The number of fused-ring (bicyclic) bond motifs is 1. The molecule has 154 valence electrons. The fraction of sp³-hybridized carbons (Fsp3) is 0.0769. The Labute approximate surface area is 185 Å². The average molecular weight is 429 g/mol. The van der Waals surface area contributed by atoms with E-state index in [1.807, 2.05) is 72.8 Å². The number of benzene rings is 3. The van der Waals surface area contributed by atoms with Gasteiger partial charge in [0.05, 0.1) is 17.5 Å². The van der Waals surface area contributed by atoms with Crippen molar-refractivity contribution in [2.24, 2.45) is 0 Å². The molecule has 1 unspecified atom stereocenters. The number of pyridine rings is 1. The molecular formula is C26H21ClN2O2. The van der Waals surface area contributed by atoms with Crippen molar-refractivity contribution in [1.29, 1.82) is 0 Å². The third-order valence-electron chi connectivity index (χ3n) is 4.98. The fourth-order valence-electron chi connectivity index (χ4n) is 3.45. The molecule has 0 aliphatic heterocycles. The van der Waals surface area contributed by atoms with Crippen molar-refractivity contribution in [2.45, 2.75) is 12.5 Å². The quantitative estimate of drug-likeness (QED) is 0.413. The highest BCUT2D eigenvalue weighted by atomic mass is 35.5. The molecule has 0 radical (unpaired) electrons. The van der Waals surface area contributed by atoms with E-state index >= 15 is 0 Å². The molecule has 2 N–H and O–H groups in total. The van der Waals surface area contributed by atoms with Crippen molar-refractivity contribution >= 4 is 34.5 Å². The minimum Gasteiger partial charge on any atom is -0.505 e. The van der Waals surface area contributed by atoms with Crippen LogP contribution in [0.5, 0.6) is 5.75 Å². The summed E-state index contributed by atoms with van der Waals surface area (Å²) in [6.07, 6.45) is 5.59. The Hall–Kier alpha value is -3.63. The SMILES string of the molecule is O=C(Cc1ccccc1)NC(C=Cc1ccccc1)c1cc(Cl)c2cccnc2c1O. The second kappa shape index (κ2) is 9.45. The van der Waals surface area contributed by atoms with Crippen molar-refractivity contribution in [3.63, 3.8) is 0 Å². The molecule has 5 heteroatoms. The molecule has 0 fully saturated rings. The average Bonchev–Trinajstić information content (AvgIpc) is 2.80. The van der Waals surface area contributed by atoms with Crippen LogP contribution in [0.3, 0.4) is 0 Å². The second-order valence-electron chi connectivity index (χ2n) is 7.17. The van der Waals surface area contributed by atoms with E-state index in [1.165, 1.54) is 0 Å². The molecule has 1 atom stereocenters. The van der Waals surface area contributed by atoms with E-state index < -0.39 is 6.04 Å². The van der Waals surface area contributed by atoms with Crippen LogP contribution in [0, 0.1) is 0 Å². The van der Waals surface area contributed by atoms with Gasteiger partial charge < -0.3 is 10.4 Å². The maximum atomic E-state index is 12.8. The van der Waals surface area contributed by atoms with Gasteiger partial charge in [-0.15, -0.1) is 0 Å². The molecule has 0 saturated carbocycles. The third-order valence-corrected chi connectivity index (χ3v) is 5.30. The predicted molar refractivity (Wildman–Crippen MR) is 125 cm³/mol. The number of phenolic OH excluding ortho intramolecular Hbond substituents is 1. The molecule has 1 heterocycles. The highest BCUT2D eigenvalue weighted by Gasteiger charge is 2.20. The maximum Gasteiger partial charge on any atom is 0.225 e. The van der Waals surface area contributed by atoms with Crippen LogP contribution in [0.25, 0.3) is 17.0 Å². The molecule has 0 saturated heterocycles. The van der Waals surface area contributed by atoms with Crippen LogP contribution >= 0.6 is 11.6 Å². The number of hydrogen-bond donors (Lipinski definition) is 2. The van der Waals surface area contributed by atoms with E-state index in [0.29, 0.717) is 21.5 Å². The fourth-order valence-corrected chi connectivity index (χ4v) is 3.72. The normalized spacial score (nSPS) is 12.2. The van der Waals surface area contributed by atoms with Gasteiger partial charge in [-0.05, 0) is 29.3 Å². The van der Waals surface area contributed by atoms with E-state index in [-0.39, 0.29) is 18.1 Å². The van der Waals surface area contributed by atoms with Gasteiger partial charge in [-0.2, -0.15) is 0 Å². The van der Waals surface area contributed by atoms with Crippen molar-refractivity contribution in [2.75, 3.05) is 0 Å². The van der Waals surface area contributed by atoms with Gasteiger partial charge in [0, 0.05) is 17.1 Å². The zero-order chi connectivity index (χ0) is 21.6. The molecule has 1 amide bonds. The summed E-state index contributed by atoms with van der Waals surface area (Å²) in [7, 11) is 0. The zero-order valence-electron chi connectivity index (χ0n) is 16.7. The smallest absolute Gasteiger partial charge is 0.225 e. The summed E-state index contributed by atoms with van der Waals surface area (Å²) < 4.78 is 0. The summed E-state index contributed by atoms with van der Waals surface area (Å²) in [6, 6.07) is 23.9. The zero-order valence-corrected chi connectivity index (χ0v) is 17.5. The van der Waals surface area contributed by atoms with Gasteiger partial charge in [-0.1, -0.05) is 84.4 Å². The highest BCUT2D eigenvalue weighted by molar-refractivity contribution is 6.35. The first kappa shape index (κ1) is 20.6. The number of aromatic hydroxyl groups is 1. The lowest BCUT2D eigenvalue weighted by atomic mass is 10.0. The number of hydrogen-bond acceptors (Lipinski definition) is 3. The lowest BCUT2D eigenvalue weighted by Gasteiger charge is -2.19. The van der Waals surface area contributed by atoms with E-state index in [4.69, 9.17) is 11.6 Å². The first-order valence-corrected chi connectivity index (χ1v) is 10.3. The number of carbonyl (C=O) groups excluding carboxylic acids is 1. The van der Waals surface area contributed by atoms with Crippen molar-refractivity contribution in [1.82, 2.24) is 10.3 Å². The topological polar surface area (TPSA) is 62.2 Å². The number of nitrogens with one attached hydrogen (secondary N) is 1. The molecule has 0 aliphatic rings. The number of nitrogens with zero attached hydrogens (tertiary/aromatic N) is 1. The number of carbonyl (C=O) groups is 1. The number of aromatic nitrogens is 1. The monoisotopic (exact) mass is 428 g/mol. The van der Waals surface area contributed by atoms with Crippen LogP contribution in [0.4, 0.5) is 0 Å². The first-order chi connectivity index (χ1) is 15.1. The van der Waals surface area contributed by atoms with Crippen LogP contribution in [0.15, 0.2) is 91.1 Å². The largest absolute Gasteiger partial charge is 0.505 e. The van der Waals surface area contributed by atoms with Crippen molar-refractivity contribution < 1.29 is 9.90 Å². The standard InChI is InChI=1S/C26H21ClN2O2/c27-22-17-21(26(31)25-20(22)12-7-15-28-25)23(14-13-18-8-3-1-4-9-18)29-24(30)16-19-10-5-2-6-11-19/h1-15,17,23,31H,16H2,(H,29,30). The summed E-state index contributed by atoms with van der Waals surface area (Å²) in [5.41, 5.74) is 2.78. The van der Waals surface area contributed by atoms with E-state index in [0.717, 1.165) is 11.1 Å². The molecular weight excluding hydrogens is 408 g/mol. The highest BCUT2D eigenvalue weighted by Crippen LogP contribution is 2.36. The van der Waals surface area contributed by atoms with E-state index in [1.54, 1.807) is 24.4 Å². The molecule has 0 aliphatic carbocycles. The van der Waals surface area contributed by atoms with E-state index in [9.17, 15) is 9.90 Å². The van der Waals surface area contributed by atoms with Crippen molar-refractivity contribution in [3.05, 3.63) is 113 Å². The van der Waals surface area contributed by atoms with Gasteiger partial charge in [0.25, 0.3) is 0 Å². The molecule has 4 nitrogen and oxygen atoms in total. The van der Waals surface area contributed by atoms with Gasteiger partial charge in [-0.3, -0.25) is 9.78 Å². The Balaban J connectivity index is 1.70. The summed E-state index contributed by atoms with van der Waals surface area (Å²) in [5.74, 6) is -0.159. The molecule has 4 aromatic rings. The summed E-state index contributed by atoms with van der Waals surface area (Å²) in [4.78, 5) is 17.1. The lowest BCUT2D eigenvalue weighted by molar-refractivity contribution is -0.120. The second-order valence-corrected chi connectivity index (χ2v) is 7.58. The Morgan fingerprint density at radius 2 is 1.74 bits per heavy atom. The number of rotatable bonds is 6. The minimum atomic E-state index is -0.583. The molecule has 3 aromatic carbocycles. The number of amides is 1. The Morgan fingerprint density at radius 1 is 1.03 bits per heavy atom. The number of halogens is 1. The van der Waals surface area contributed by atoms with Gasteiger partial charge in [0.2, 0.25) is 5.91 Å². The van der Waals surface area contributed by atoms with Crippen molar-refractivity contribution in [3.8, 4) is 5.75 Å². The Kier molecular flexibility index (Phi) is 6.29. The minimum absolute atomic E-state index is 0.00252. The molecule has 0 bridgehead atoms. The van der Waals surface area contributed by atoms with Gasteiger partial charge in [0.1, 0.15) is 11.3 Å². The predicted octanol–water partition coefficient (Wildman–Crippen LogP) is 5.71. The Morgan fingerprint density at radius 3 is 2.48 bits per heavy atom. The summed E-state index contributed by atoms with van der Waals surface area (Å²) in [5, 5.41) is 15.1. The molecule has 0 spiro atoms. The van der Waals surface area contributed by atoms with Crippen LogP contribution < -0.4 is 5.32 Å². The molecule has 4 rings (SSSR count). The van der Waals surface area contributed by atoms with Gasteiger partial charge in [0.15, 0.2) is 0 Å². The summed E-state index contributed by atoms with van der Waals surface area (Å²) in [6.45, 7) is 0. The Bertz CT molecular complexity index is 1220. The third kappa shape index (κ3) is 4.93. The lowest BCUT2D eigenvalue weighted by Crippen LogP contribution is -2.29. The van der Waals surface area contributed by atoms with Crippen LogP contribution in [0.1, 0.15) is 22.7 Å². The van der Waals surface area contributed by atoms with Crippen LogP contribution in [0.2, 0.25) is 5.02 Å². The first-order valence-electron chi connectivity index (χ1n) is 9.94. The van der Waals surface area contributed by atoms with Crippen LogP contribution in [-0.2, 0) is 11.2 Å². The molecule has 31 heavy (non-hydrogen) atoms. The molecule has 1 aromatic heterocycles. The van der Waals surface area contributed by atoms with E-state index in [2.05, 4.69) is 10.3 Å². The number of phenols is 1. The summed E-state index contributed by atoms with van der Waals surface area (Å²) >= 11 is 6.47. The van der Waals surface area contributed by atoms with Gasteiger partial charge >= 0.3 is 0 Å².